The van der Waals surface area contributed by atoms with E-state index in [1.807, 2.05) is 41.2 Å². The Morgan fingerprint density at radius 1 is 1.05 bits per heavy atom. The molecule has 1 heterocycles. The van der Waals surface area contributed by atoms with Crippen LogP contribution in [0.4, 0.5) is 5.69 Å². The van der Waals surface area contributed by atoms with Crippen molar-refractivity contribution in [1.82, 2.24) is 4.57 Å². The first-order chi connectivity index (χ1) is 9.15. The van der Waals surface area contributed by atoms with Crippen molar-refractivity contribution in [3.8, 4) is 5.69 Å². The van der Waals surface area contributed by atoms with Crippen molar-refractivity contribution in [2.75, 3.05) is 5.32 Å². The van der Waals surface area contributed by atoms with E-state index in [4.69, 9.17) is 5.11 Å². The number of benzene rings is 1. The van der Waals surface area contributed by atoms with E-state index in [1.54, 1.807) is 12.1 Å². The predicted octanol–water partition coefficient (Wildman–Crippen LogP) is 2.28. The van der Waals surface area contributed by atoms with Crippen LogP contribution in [-0.4, -0.2) is 21.6 Å². The van der Waals surface area contributed by atoms with Gasteiger partial charge in [0.1, 0.15) is 0 Å². The van der Waals surface area contributed by atoms with Gasteiger partial charge in [0.05, 0.1) is 6.42 Å². The minimum atomic E-state index is -0.974. The number of aliphatic carboxylic acids is 1. The molecular weight excluding hydrogens is 244 g/mol. The molecule has 0 atom stereocenters. The van der Waals surface area contributed by atoms with Crippen LogP contribution in [0.2, 0.25) is 0 Å². The van der Waals surface area contributed by atoms with E-state index in [9.17, 15) is 9.59 Å². The lowest BCUT2D eigenvalue weighted by atomic mass is 10.2. The molecule has 19 heavy (non-hydrogen) atoms. The van der Waals surface area contributed by atoms with E-state index in [-0.39, 0.29) is 18.7 Å². The van der Waals surface area contributed by atoms with E-state index >= 15 is 0 Å². The fraction of sp³-hybridized carbons (Fsp3) is 0.143. The molecule has 0 aliphatic heterocycles. The summed E-state index contributed by atoms with van der Waals surface area (Å²) in [6, 6.07) is 11.2. The van der Waals surface area contributed by atoms with Gasteiger partial charge in [-0.05, 0) is 36.4 Å². The van der Waals surface area contributed by atoms with Crippen molar-refractivity contribution in [1.29, 1.82) is 0 Å². The van der Waals surface area contributed by atoms with Crippen LogP contribution in [0.1, 0.15) is 12.8 Å². The van der Waals surface area contributed by atoms with E-state index in [2.05, 4.69) is 5.32 Å². The maximum absolute atomic E-state index is 11.5. The predicted molar refractivity (Wildman–Crippen MR) is 71.3 cm³/mol. The van der Waals surface area contributed by atoms with Gasteiger partial charge in [-0.1, -0.05) is 0 Å². The fourth-order valence-corrected chi connectivity index (χ4v) is 1.67. The van der Waals surface area contributed by atoms with Gasteiger partial charge in [0.2, 0.25) is 5.91 Å². The first-order valence-electron chi connectivity index (χ1n) is 5.90. The van der Waals surface area contributed by atoms with E-state index in [0.717, 1.165) is 5.69 Å². The molecule has 2 aromatic rings. The van der Waals surface area contributed by atoms with Gasteiger partial charge in [-0.25, -0.2) is 0 Å². The number of carbonyl (C=O) groups excluding carboxylic acids is 1. The zero-order valence-corrected chi connectivity index (χ0v) is 10.2. The third-order valence-electron chi connectivity index (χ3n) is 2.62. The molecule has 0 saturated carbocycles. The molecule has 1 aromatic carbocycles. The zero-order chi connectivity index (χ0) is 13.7. The molecule has 2 N–H and O–H groups in total. The van der Waals surface area contributed by atoms with E-state index in [0.29, 0.717) is 5.69 Å². The summed E-state index contributed by atoms with van der Waals surface area (Å²) in [5.74, 6) is -1.27. The highest BCUT2D eigenvalue weighted by Crippen LogP contribution is 2.13. The van der Waals surface area contributed by atoms with Crippen molar-refractivity contribution in [3.05, 3.63) is 48.8 Å². The molecule has 5 heteroatoms. The van der Waals surface area contributed by atoms with Gasteiger partial charge in [-0.3, -0.25) is 9.59 Å². The second-order valence-corrected chi connectivity index (χ2v) is 4.08. The van der Waals surface area contributed by atoms with Gasteiger partial charge in [-0.2, -0.15) is 0 Å². The Kier molecular flexibility index (Phi) is 3.97. The summed E-state index contributed by atoms with van der Waals surface area (Å²) in [7, 11) is 0. The van der Waals surface area contributed by atoms with Crippen LogP contribution >= 0.6 is 0 Å². The summed E-state index contributed by atoms with van der Waals surface area (Å²) >= 11 is 0. The average Bonchev–Trinajstić information content (AvgIpc) is 2.91. The standard InChI is InChI=1S/C14H14N2O3/c17-13(7-8-14(18)19)15-11-3-5-12(6-4-11)16-9-1-2-10-16/h1-6,9-10H,7-8H2,(H,15,17)(H,18,19). The van der Waals surface area contributed by atoms with Crippen molar-refractivity contribution in [2.24, 2.45) is 0 Å². The normalized spacial score (nSPS) is 10.1. The summed E-state index contributed by atoms with van der Waals surface area (Å²) in [6.45, 7) is 0. The quantitative estimate of drug-likeness (QED) is 0.864. The topological polar surface area (TPSA) is 71.3 Å². The van der Waals surface area contributed by atoms with Gasteiger partial charge in [0.15, 0.2) is 0 Å². The number of anilines is 1. The number of amides is 1. The zero-order valence-electron chi connectivity index (χ0n) is 10.2. The van der Waals surface area contributed by atoms with Gasteiger partial charge in [0, 0.05) is 30.2 Å². The summed E-state index contributed by atoms with van der Waals surface area (Å²) in [6.07, 6.45) is 3.68. The van der Waals surface area contributed by atoms with Crippen molar-refractivity contribution in [2.45, 2.75) is 12.8 Å². The fourth-order valence-electron chi connectivity index (χ4n) is 1.67. The lowest BCUT2D eigenvalue weighted by Crippen LogP contribution is -2.13. The third-order valence-corrected chi connectivity index (χ3v) is 2.62. The molecular formula is C14H14N2O3. The third kappa shape index (κ3) is 3.70. The monoisotopic (exact) mass is 258 g/mol. The summed E-state index contributed by atoms with van der Waals surface area (Å²) in [5.41, 5.74) is 1.65. The van der Waals surface area contributed by atoms with Gasteiger partial charge in [-0.15, -0.1) is 0 Å². The number of carboxylic acids is 1. The lowest BCUT2D eigenvalue weighted by molar-refractivity contribution is -0.138. The first kappa shape index (κ1) is 12.9. The first-order valence-corrected chi connectivity index (χ1v) is 5.90. The van der Waals surface area contributed by atoms with Gasteiger partial charge in [0.25, 0.3) is 0 Å². The van der Waals surface area contributed by atoms with Crippen LogP contribution in [0.25, 0.3) is 5.69 Å². The molecule has 98 valence electrons. The maximum atomic E-state index is 11.5. The largest absolute Gasteiger partial charge is 0.481 e. The Morgan fingerprint density at radius 2 is 1.68 bits per heavy atom. The number of carboxylic acid groups (broad SMARTS) is 1. The van der Waals surface area contributed by atoms with Crippen molar-refractivity contribution >= 4 is 17.6 Å². The van der Waals surface area contributed by atoms with Crippen LogP contribution in [0.15, 0.2) is 48.8 Å². The Morgan fingerprint density at radius 3 is 2.26 bits per heavy atom. The molecule has 0 aliphatic rings. The smallest absolute Gasteiger partial charge is 0.303 e. The maximum Gasteiger partial charge on any atom is 0.303 e. The van der Waals surface area contributed by atoms with Crippen LogP contribution in [0, 0.1) is 0 Å². The van der Waals surface area contributed by atoms with Crippen molar-refractivity contribution < 1.29 is 14.7 Å². The Bertz CT molecular complexity index is 559. The Labute approximate surface area is 110 Å². The highest BCUT2D eigenvalue weighted by atomic mass is 16.4. The van der Waals surface area contributed by atoms with Gasteiger partial charge < -0.3 is 15.0 Å². The van der Waals surface area contributed by atoms with E-state index < -0.39 is 5.97 Å². The second-order valence-electron chi connectivity index (χ2n) is 4.08. The van der Waals surface area contributed by atoms with Crippen LogP contribution < -0.4 is 5.32 Å². The lowest BCUT2D eigenvalue weighted by Gasteiger charge is -2.06. The second kappa shape index (κ2) is 5.86. The molecule has 2 rings (SSSR count). The molecule has 0 unspecified atom stereocenters. The van der Waals surface area contributed by atoms with E-state index in [1.165, 1.54) is 0 Å². The average molecular weight is 258 g/mol. The number of hydrogen-bond acceptors (Lipinski definition) is 2. The van der Waals surface area contributed by atoms with Crippen LogP contribution in [0.5, 0.6) is 0 Å². The number of hydrogen-bond donors (Lipinski definition) is 2. The Balaban J connectivity index is 1.95. The molecule has 0 saturated heterocycles. The summed E-state index contributed by atoms with van der Waals surface area (Å²) < 4.78 is 1.95. The molecule has 0 spiro atoms. The molecule has 0 aliphatic carbocycles. The molecule has 1 aromatic heterocycles. The minimum Gasteiger partial charge on any atom is -0.481 e. The molecule has 0 radical (unpaired) electrons. The summed E-state index contributed by atoms with van der Waals surface area (Å²) in [5, 5.41) is 11.1. The molecule has 0 bridgehead atoms. The number of nitrogens with zero attached hydrogens (tertiary/aromatic N) is 1. The van der Waals surface area contributed by atoms with Crippen LogP contribution in [-0.2, 0) is 9.59 Å². The SMILES string of the molecule is O=C(O)CCC(=O)Nc1ccc(-n2cccc2)cc1. The number of aromatic nitrogens is 1. The number of rotatable bonds is 5. The molecule has 1 amide bonds. The van der Waals surface area contributed by atoms with Crippen molar-refractivity contribution in [3.63, 3.8) is 0 Å². The number of carbonyl (C=O) groups is 2. The molecule has 0 fully saturated rings. The summed E-state index contributed by atoms with van der Waals surface area (Å²) in [4.78, 5) is 21.8. The van der Waals surface area contributed by atoms with Crippen LogP contribution in [0.3, 0.4) is 0 Å². The highest BCUT2D eigenvalue weighted by Gasteiger charge is 2.05. The molecule has 5 nitrogen and oxygen atoms in total. The number of nitrogens with one attached hydrogen (secondary N) is 1. The van der Waals surface area contributed by atoms with Gasteiger partial charge >= 0.3 is 5.97 Å². The highest BCUT2D eigenvalue weighted by molar-refractivity contribution is 5.92. The Hall–Kier alpha value is -2.56. The minimum absolute atomic E-state index is 0.0192.